The average molecular weight is 337 g/mol. The van der Waals surface area contributed by atoms with E-state index in [9.17, 15) is 4.79 Å². The summed E-state index contributed by atoms with van der Waals surface area (Å²) in [5, 5.41) is 0. The molecule has 1 heterocycles. The van der Waals surface area contributed by atoms with Crippen molar-refractivity contribution in [3.63, 3.8) is 0 Å². The van der Waals surface area contributed by atoms with Gasteiger partial charge in [-0.15, -0.1) is 0 Å². The van der Waals surface area contributed by atoms with Gasteiger partial charge in [0.2, 0.25) is 0 Å². The summed E-state index contributed by atoms with van der Waals surface area (Å²) in [5.74, 6) is 1.03. The predicted molar refractivity (Wildman–Crippen MR) is 82.8 cm³/mol. The summed E-state index contributed by atoms with van der Waals surface area (Å²) in [6.45, 7) is 0.679. The van der Waals surface area contributed by atoms with Crippen molar-refractivity contribution in [3.05, 3.63) is 23.8 Å². The van der Waals surface area contributed by atoms with Gasteiger partial charge in [0, 0.05) is 25.1 Å². The van der Waals surface area contributed by atoms with Crippen LogP contribution in [0.1, 0.15) is 19.3 Å². The number of Topliss-reactive ketones (excluding diaryl/α,β-unsaturated/α-hetero) is 1. The number of ketones is 1. The highest BCUT2D eigenvalue weighted by Crippen LogP contribution is 2.28. The second-order valence-corrected chi connectivity index (χ2v) is 6.40. The molecule has 0 aromatic heterocycles. The molecule has 0 bridgehead atoms. The molecule has 1 aliphatic heterocycles. The van der Waals surface area contributed by atoms with E-state index in [-0.39, 0.29) is 22.6 Å². The Labute approximate surface area is 126 Å². The number of ether oxygens (including phenoxy) is 1. The highest BCUT2D eigenvalue weighted by molar-refractivity contribution is 9.10. The van der Waals surface area contributed by atoms with Crippen LogP contribution in [-0.2, 0) is 9.53 Å². The Morgan fingerprint density at radius 2 is 2.25 bits per heavy atom. The third-order valence-electron chi connectivity index (χ3n) is 4.00. The van der Waals surface area contributed by atoms with Gasteiger partial charge in [-0.2, -0.15) is 0 Å². The fourth-order valence-electron chi connectivity index (χ4n) is 2.74. The number of aliphatic imine (C=N–C) groups is 2. The van der Waals surface area contributed by atoms with Crippen molar-refractivity contribution in [1.82, 2.24) is 0 Å². The van der Waals surface area contributed by atoms with Crippen molar-refractivity contribution in [1.29, 1.82) is 0 Å². The zero-order valence-corrected chi connectivity index (χ0v) is 13.0. The van der Waals surface area contributed by atoms with Gasteiger partial charge in [-0.1, -0.05) is 34.2 Å². The number of amidine groups is 1. The second-order valence-electron chi connectivity index (χ2n) is 5.30. The standard InChI is InChI=1S/C15H17BrN2O2/c1-20-11-5-2-9(3-6-11)15-17-8-10-4-7-12(16)14(19)13(10)18-15/h2-3,5,10-12H,4,6-8H2,1H3. The van der Waals surface area contributed by atoms with Gasteiger partial charge >= 0.3 is 0 Å². The molecule has 5 heteroatoms. The Morgan fingerprint density at radius 3 is 2.95 bits per heavy atom. The molecule has 0 amide bonds. The maximum Gasteiger partial charge on any atom is 0.191 e. The van der Waals surface area contributed by atoms with Gasteiger partial charge in [0.25, 0.3) is 0 Å². The average Bonchev–Trinajstić information content (AvgIpc) is 2.51. The molecule has 3 aliphatic rings. The minimum absolute atomic E-state index is 0.0781. The van der Waals surface area contributed by atoms with Gasteiger partial charge < -0.3 is 4.74 Å². The number of halogens is 1. The van der Waals surface area contributed by atoms with Crippen LogP contribution >= 0.6 is 15.9 Å². The van der Waals surface area contributed by atoms with Crippen LogP contribution in [0.25, 0.3) is 0 Å². The van der Waals surface area contributed by atoms with E-state index in [0.717, 1.165) is 24.8 Å². The second kappa shape index (κ2) is 5.74. The van der Waals surface area contributed by atoms with Gasteiger partial charge in [0.15, 0.2) is 11.6 Å². The molecule has 2 aliphatic carbocycles. The zero-order chi connectivity index (χ0) is 14.1. The lowest BCUT2D eigenvalue weighted by molar-refractivity contribution is -0.113. The summed E-state index contributed by atoms with van der Waals surface area (Å²) in [6, 6.07) is 0. The van der Waals surface area contributed by atoms with E-state index < -0.39 is 0 Å². The smallest absolute Gasteiger partial charge is 0.191 e. The van der Waals surface area contributed by atoms with Crippen LogP contribution in [0.5, 0.6) is 0 Å². The molecule has 3 rings (SSSR count). The Balaban J connectivity index is 1.82. The van der Waals surface area contributed by atoms with E-state index in [1.807, 2.05) is 12.2 Å². The first-order valence-corrected chi connectivity index (χ1v) is 7.83. The lowest BCUT2D eigenvalue weighted by atomic mass is 9.85. The number of carbonyl (C=O) groups is 1. The van der Waals surface area contributed by atoms with E-state index in [1.165, 1.54) is 0 Å². The van der Waals surface area contributed by atoms with Gasteiger partial charge in [-0.05, 0) is 19.3 Å². The predicted octanol–water partition coefficient (Wildman–Crippen LogP) is 2.48. The number of carbonyl (C=O) groups excluding carboxylic acids is 1. The molecule has 0 aromatic rings. The van der Waals surface area contributed by atoms with E-state index >= 15 is 0 Å². The molecular weight excluding hydrogens is 320 g/mol. The molecule has 0 aromatic carbocycles. The maximum atomic E-state index is 12.2. The number of methoxy groups -OCH3 is 1. The van der Waals surface area contributed by atoms with Crippen molar-refractivity contribution < 1.29 is 9.53 Å². The van der Waals surface area contributed by atoms with Crippen molar-refractivity contribution in [2.45, 2.75) is 30.2 Å². The van der Waals surface area contributed by atoms with Crippen LogP contribution in [0, 0.1) is 5.92 Å². The van der Waals surface area contributed by atoms with E-state index in [0.29, 0.717) is 18.1 Å². The van der Waals surface area contributed by atoms with Gasteiger partial charge in [0.1, 0.15) is 0 Å². The summed E-state index contributed by atoms with van der Waals surface area (Å²) < 4.78 is 5.28. The van der Waals surface area contributed by atoms with Crippen molar-refractivity contribution in [3.8, 4) is 0 Å². The Hall–Kier alpha value is -1.07. The minimum atomic E-state index is -0.0781. The van der Waals surface area contributed by atoms with E-state index in [4.69, 9.17) is 4.74 Å². The van der Waals surface area contributed by atoms with Crippen LogP contribution in [0.2, 0.25) is 0 Å². The molecule has 4 nitrogen and oxygen atoms in total. The summed E-state index contributed by atoms with van der Waals surface area (Å²) in [7, 11) is 1.70. The SMILES string of the molecule is COC1C=CC(C2=NCC3CCC(Br)C(=O)C3=N2)=CC1. The number of hydrogen-bond donors (Lipinski definition) is 0. The molecule has 1 saturated carbocycles. The van der Waals surface area contributed by atoms with Crippen molar-refractivity contribution >= 4 is 33.3 Å². The maximum absolute atomic E-state index is 12.2. The Morgan fingerprint density at radius 1 is 1.40 bits per heavy atom. The van der Waals surface area contributed by atoms with Crippen LogP contribution < -0.4 is 0 Å². The normalized spacial score (nSPS) is 33.2. The Bertz CT molecular complexity index is 548. The van der Waals surface area contributed by atoms with Crippen molar-refractivity contribution in [2.24, 2.45) is 15.9 Å². The van der Waals surface area contributed by atoms with Gasteiger partial charge in [-0.3, -0.25) is 9.79 Å². The third-order valence-corrected chi connectivity index (χ3v) is 4.88. The number of fused-ring (bicyclic) bond motifs is 1. The molecule has 0 saturated heterocycles. The van der Waals surface area contributed by atoms with Crippen LogP contribution in [0.4, 0.5) is 0 Å². The molecular formula is C15H17BrN2O2. The highest BCUT2D eigenvalue weighted by atomic mass is 79.9. The lowest BCUT2D eigenvalue weighted by Gasteiger charge is -2.28. The molecule has 20 heavy (non-hydrogen) atoms. The Kier molecular flexibility index (Phi) is 3.98. The largest absolute Gasteiger partial charge is 0.377 e. The highest BCUT2D eigenvalue weighted by Gasteiger charge is 2.35. The van der Waals surface area contributed by atoms with Crippen LogP contribution in [0.3, 0.4) is 0 Å². The fourth-order valence-corrected chi connectivity index (χ4v) is 3.24. The first kappa shape index (κ1) is 13.9. The van der Waals surface area contributed by atoms with Gasteiger partial charge in [0.05, 0.1) is 16.6 Å². The van der Waals surface area contributed by atoms with E-state index in [1.54, 1.807) is 7.11 Å². The summed E-state index contributed by atoms with van der Waals surface area (Å²) in [6.07, 6.45) is 8.90. The number of alkyl halides is 1. The topological polar surface area (TPSA) is 51.0 Å². The first-order chi connectivity index (χ1) is 9.69. The molecule has 1 fully saturated rings. The molecule has 3 unspecified atom stereocenters. The quantitative estimate of drug-likeness (QED) is 0.727. The van der Waals surface area contributed by atoms with Crippen molar-refractivity contribution in [2.75, 3.05) is 13.7 Å². The summed E-state index contributed by atoms with van der Waals surface area (Å²) in [5.41, 5.74) is 1.69. The lowest BCUT2D eigenvalue weighted by Crippen LogP contribution is -2.40. The number of nitrogens with zero attached hydrogens (tertiary/aromatic N) is 2. The third kappa shape index (κ3) is 2.56. The summed E-state index contributed by atoms with van der Waals surface area (Å²) in [4.78, 5) is 21.2. The molecule has 0 N–H and O–H groups in total. The minimum Gasteiger partial charge on any atom is -0.377 e. The number of rotatable bonds is 2. The molecule has 0 spiro atoms. The monoisotopic (exact) mass is 336 g/mol. The fraction of sp³-hybridized carbons (Fsp3) is 0.533. The number of hydrogen-bond acceptors (Lipinski definition) is 4. The zero-order valence-electron chi connectivity index (χ0n) is 11.4. The van der Waals surface area contributed by atoms with E-state index in [2.05, 4.69) is 32.0 Å². The van der Waals surface area contributed by atoms with Crippen LogP contribution in [0.15, 0.2) is 33.8 Å². The molecule has 0 radical (unpaired) electrons. The molecule has 106 valence electrons. The van der Waals surface area contributed by atoms with Crippen LogP contribution in [-0.4, -0.2) is 41.9 Å². The van der Waals surface area contributed by atoms with Gasteiger partial charge in [-0.25, -0.2) is 4.99 Å². The summed E-state index contributed by atoms with van der Waals surface area (Å²) >= 11 is 3.43. The molecule has 3 atom stereocenters. The first-order valence-electron chi connectivity index (χ1n) is 6.92.